The summed E-state index contributed by atoms with van der Waals surface area (Å²) in [6.07, 6.45) is 3.74. The fourth-order valence-electron chi connectivity index (χ4n) is 3.44. The van der Waals surface area contributed by atoms with E-state index in [1.807, 2.05) is 4.57 Å². The summed E-state index contributed by atoms with van der Waals surface area (Å²) in [6, 6.07) is 0. The summed E-state index contributed by atoms with van der Waals surface area (Å²) in [6.45, 7) is 6.49. The third-order valence-electron chi connectivity index (χ3n) is 4.52. The molecular formula is C14H21N5O2. The molecule has 7 heteroatoms. The second kappa shape index (κ2) is 5.14. The first-order valence-electron chi connectivity index (χ1n) is 7.44. The number of aromatic nitrogens is 4. The van der Waals surface area contributed by atoms with Gasteiger partial charge in [-0.3, -0.25) is 14.3 Å². The van der Waals surface area contributed by atoms with Crippen LogP contribution in [0.25, 0.3) is 11.2 Å². The average Bonchev–Trinajstić information content (AvgIpc) is 2.99. The van der Waals surface area contributed by atoms with Gasteiger partial charge in [0.2, 0.25) is 5.95 Å². The summed E-state index contributed by atoms with van der Waals surface area (Å²) in [4.78, 5) is 22.7. The second-order valence-electron chi connectivity index (χ2n) is 5.68. The second-order valence-corrected chi connectivity index (χ2v) is 5.68. The van der Waals surface area contributed by atoms with Crippen LogP contribution in [-0.2, 0) is 4.74 Å². The molecule has 0 bridgehead atoms. The van der Waals surface area contributed by atoms with Gasteiger partial charge in [-0.15, -0.1) is 0 Å². The summed E-state index contributed by atoms with van der Waals surface area (Å²) in [7, 11) is 0. The maximum Gasteiger partial charge on any atom is 0.280 e. The molecule has 114 valence electrons. The number of H-pyrrole nitrogens is 1. The van der Waals surface area contributed by atoms with Gasteiger partial charge in [-0.2, -0.15) is 4.98 Å². The first-order chi connectivity index (χ1) is 10.1. The Hall–Kier alpha value is -1.89. The van der Waals surface area contributed by atoms with Crippen LogP contribution in [0.3, 0.4) is 0 Å². The number of hydrogen-bond acceptors (Lipinski definition) is 5. The minimum atomic E-state index is -0.319. The van der Waals surface area contributed by atoms with Gasteiger partial charge in [-0.1, -0.05) is 27.2 Å². The minimum absolute atomic E-state index is 0.0963. The third kappa shape index (κ3) is 2.12. The molecule has 1 unspecified atom stereocenters. The van der Waals surface area contributed by atoms with Crippen molar-refractivity contribution in [3.05, 3.63) is 16.7 Å². The van der Waals surface area contributed by atoms with E-state index >= 15 is 0 Å². The monoisotopic (exact) mass is 291 g/mol. The van der Waals surface area contributed by atoms with Crippen LogP contribution in [-0.4, -0.2) is 25.6 Å². The molecule has 2 aromatic rings. The highest BCUT2D eigenvalue weighted by atomic mass is 16.5. The van der Waals surface area contributed by atoms with Crippen molar-refractivity contribution < 1.29 is 4.74 Å². The first kappa shape index (κ1) is 14.1. The summed E-state index contributed by atoms with van der Waals surface area (Å²) < 4.78 is 8.03. The number of anilines is 1. The summed E-state index contributed by atoms with van der Waals surface area (Å²) in [5, 5.41) is 0. The Balaban J connectivity index is 2.07. The molecule has 3 rings (SSSR count). The fourth-order valence-corrected chi connectivity index (χ4v) is 3.44. The van der Waals surface area contributed by atoms with Crippen LogP contribution in [0.5, 0.6) is 0 Å². The van der Waals surface area contributed by atoms with Crippen LogP contribution in [0.2, 0.25) is 0 Å². The van der Waals surface area contributed by atoms with Gasteiger partial charge in [-0.25, -0.2) is 4.98 Å². The van der Waals surface area contributed by atoms with Crippen LogP contribution in [0.15, 0.2) is 11.1 Å². The Morgan fingerprint density at radius 2 is 2.19 bits per heavy atom. The SMILES string of the molecule is CCC1[C@@H](CC)O[C@@H](n2cnc3c(=O)[nH]c(N)nc32)[C@H]1C. The predicted molar refractivity (Wildman–Crippen MR) is 79.7 cm³/mol. The summed E-state index contributed by atoms with van der Waals surface area (Å²) >= 11 is 0. The lowest BCUT2D eigenvalue weighted by Gasteiger charge is -2.19. The van der Waals surface area contributed by atoms with Crippen molar-refractivity contribution in [3.63, 3.8) is 0 Å². The molecule has 0 radical (unpaired) electrons. The molecule has 1 aliphatic heterocycles. The molecule has 21 heavy (non-hydrogen) atoms. The molecule has 4 atom stereocenters. The van der Waals surface area contributed by atoms with Crippen molar-refractivity contribution in [1.82, 2.24) is 19.5 Å². The third-order valence-corrected chi connectivity index (χ3v) is 4.52. The quantitative estimate of drug-likeness (QED) is 0.896. The van der Waals surface area contributed by atoms with Crippen molar-refractivity contribution in [1.29, 1.82) is 0 Å². The number of nitrogens with one attached hydrogen (secondary N) is 1. The maximum absolute atomic E-state index is 11.9. The van der Waals surface area contributed by atoms with Gasteiger partial charge in [0, 0.05) is 5.92 Å². The number of nitrogens with zero attached hydrogens (tertiary/aromatic N) is 3. The smallest absolute Gasteiger partial charge is 0.280 e. The highest BCUT2D eigenvalue weighted by Gasteiger charge is 2.41. The molecule has 0 aromatic carbocycles. The Morgan fingerprint density at radius 1 is 1.43 bits per heavy atom. The molecule has 0 aliphatic carbocycles. The van der Waals surface area contributed by atoms with Gasteiger partial charge < -0.3 is 10.5 Å². The van der Waals surface area contributed by atoms with E-state index in [1.165, 1.54) is 0 Å². The first-order valence-corrected chi connectivity index (χ1v) is 7.44. The van der Waals surface area contributed by atoms with Crippen molar-refractivity contribution in [2.75, 3.05) is 5.73 Å². The molecule has 1 saturated heterocycles. The molecule has 3 N–H and O–H groups in total. The lowest BCUT2D eigenvalue weighted by Crippen LogP contribution is -2.18. The van der Waals surface area contributed by atoms with Gasteiger partial charge in [0.1, 0.15) is 6.23 Å². The Labute approximate surface area is 122 Å². The Morgan fingerprint density at radius 3 is 2.81 bits per heavy atom. The van der Waals surface area contributed by atoms with Crippen LogP contribution >= 0.6 is 0 Å². The van der Waals surface area contributed by atoms with Crippen LogP contribution in [0.1, 0.15) is 39.8 Å². The number of rotatable bonds is 3. The van der Waals surface area contributed by atoms with E-state index < -0.39 is 0 Å². The van der Waals surface area contributed by atoms with E-state index in [9.17, 15) is 4.79 Å². The standard InChI is InChI=1S/C14H21N5O2/c1-4-8-7(3)13(21-9(8)5-2)19-6-16-10-11(19)17-14(15)18-12(10)20/h6-9,13H,4-5H2,1-3H3,(H3,15,17,18,20)/t7-,8?,9+,13+/m0/s1. The highest BCUT2D eigenvalue weighted by Crippen LogP contribution is 2.42. The number of nitrogen functional groups attached to an aromatic ring is 1. The van der Waals surface area contributed by atoms with Crippen LogP contribution in [0, 0.1) is 11.8 Å². The minimum Gasteiger partial charge on any atom is -0.369 e. The van der Waals surface area contributed by atoms with E-state index in [1.54, 1.807) is 6.33 Å². The van der Waals surface area contributed by atoms with Crippen molar-refractivity contribution in [2.45, 2.75) is 45.9 Å². The number of hydrogen-bond donors (Lipinski definition) is 2. The van der Waals surface area contributed by atoms with Crippen molar-refractivity contribution >= 4 is 17.1 Å². The molecule has 0 spiro atoms. The highest BCUT2D eigenvalue weighted by molar-refractivity contribution is 5.70. The van der Waals surface area contributed by atoms with Gasteiger partial charge in [-0.05, 0) is 12.3 Å². The van der Waals surface area contributed by atoms with E-state index in [0.29, 0.717) is 23.0 Å². The summed E-state index contributed by atoms with van der Waals surface area (Å²) in [5.41, 5.74) is 6.11. The van der Waals surface area contributed by atoms with Gasteiger partial charge in [0.25, 0.3) is 5.56 Å². The topological polar surface area (TPSA) is 98.8 Å². The number of imidazole rings is 1. The fraction of sp³-hybridized carbons (Fsp3) is 0.643. The van der Waals surface area contributed by atoms with Crippen molar-refractivity contribution in [3.8, 4) is 0 Å². The Kier molecular flexibility index (Phi) is 3.44. The molecule has 1 fully saturated rings. The van der Waals surface area contributed by atoms with Crippen LogP contribution in [0.4, 0.5) is 5.95 Å². The predicted octanol–water partition coefficient (Wildman–Crippen LogP) is 1.67. The maximum atomic E-state index is 11.9. The van der Waals surface area contributed by atoms with E-state index in [0.717, 1.165) is 12.8 Å². The van der Waals surface area contributed by atoms with E-state index in [-0.39, 0.29) is 23.8 Å². The number of aromatic amines is 1. The molecule has 7 nitrogen and oxygen atoms in total. The molecule has 2 aromatic heterocycles. The molecule has 1 aliphatic rings. The number of fused-ring (bicyclic) bond motifs is 1. The molecule has 3 heterocycles. The lowest BCUT2D eigenvalue weighted by molar-refractivity contribution is -0.0127. The molecule has 0 saturated carbocycles. The van der Waals surface area contributed by atoms with Gasteiger partial charge in [0.05, 0.1) is 12.4 Å². The average molecular weight is 291 g/mol. The zero-order valence-electron chi connectivity index (χ0n) is 12.5. The normalized spacial score (nSPS) is 29.3. The lowest BCUT2D eigenvalue weighted by atomic mass is 9.87. The summed E-state index contributed by atoms with van der Waals surface area (Å²) in [5.74, 6) is 0.926. The Bertz CT molecular complexity index is 707. The zero-order valence-corrected chi connectivity index (χ0v) is 12.5. The van der Waals surface area contributed by atoms with Crippen molar-refractivity contribution in [2.24, 2.45) is 11.8 Å². The largest absolute Gasteiger partial charge is 0.369 e. The van der Waals surface area contributed by atoms with E-state index in [2.05, 4.69) is 35.7 Å². The molecule has 0 amide bonds. The van der Waals surface area contributed by atoms with Gasteiger partial charge >= 0.3 is 0 Å². The van der Waals surface area contributed by atoms with Crippen LogP contribution < -0.4 is 11.3 Å². The number of nitrogens with two attached hydrogens (primary N) is 1. The molecular weight excluding hydrogens is 270 g/mol. The zero-order chi connectivity index (χ0) is 15.1. The van der Waals surface area contributed by atoms with Gasteiger partial charge in [0.15, 0.2) is 11.2 Å². The number of ether oxygens (including phenoxy) is 1. The van der Waals surface area contributed by atoms with E-state index in [4.69, 9.17) is 10.5 Å².